The third kappa shape index (κ3) is 2.62. The second-order valence-corrected chi connectivity index (χ2v) is 6.35. The number of carbonyl (C=O) groups is 1. The molecule has 1 aliphatic carbocycles. The molecule has 0 spiro atoms. The Labute approximate surface area is 153 Å². The smallest absolute Gasteiger partial charge is 0.198 e. The lowest BCUT2D eigenvalue weighted by molar-refractivity contribution is 0.103. The molecule has 26 heavy (non-hydrogen) atoms. The van der Waals surface area contributed by atoms with Crippen molar-refractivity contribution in [2.75, 3.05) is 7.05 Å². The van der Waals surface area contributed by atoms with Gasteiger partial charge in [0.1, 0.15) is 12.4 Å². The van der Waals surface area contributed by atoms with Gasteiger partial charge in [-0.2, -0.15) is 0 Å². The van der Waals surface area contributed by atoms with Crippen molar-refractivity contribution in [3.63, 3.8) is 0 Å². The molecule has 0 aliphatic heterocycles. The zero-order valence-corrected chi connectivity index (χ0v) is 14.8. The number of aliphatic imine (C=N–C) groups is 1. The standard InChI is InChI=1S/C23H19NO2/c1-15-8-6-12-18-20(15)22(24-2)17-11-7-13-19(21(17)23(18)25)26-14-16-9-4-3-5-10-16/h3-13H,14H2,1-2H3/b24-22-. The number of rotatable bonds is 3. The molecule has 0 amide bonds. The van der Waals surface area contributed by atoms with Crippen molar-refractivity contribution in [1.82, 2.24) is 0 Å². The summed E-state index contributed by atoms with van der Waals surface area (Å²) in [6, 6.07) is 21.5. The van der Waals surface area contributed by atoms with Gasteiger partial charge in [-0.25, -0.2) is 0 Å². The van der Waals surface area contributed by atoms with Crippen LogP contribution in [0.15, 0.2) is 71.7 Å². The number of nitrogens with zero attached hydrogens (tertiary/aromatic N) is 1. The first-order valence-electron chi connectivity index (χ1n) is 8.62. The molecule has 0 N–H and O–H groups in total. The fourth-order valence-corrected chi connectivity index (χ4v) is 3.49. The normalized spacial score (nSPS) is 14.1. The zero-order valence-electron chi connectivity index (χ0n) is 14.8. The lowest BCUT2D eigenvalue weighted by Crippen LogP contribution is -2.23. The van der Waals surface area contributed by atoms with Gasteiger partial charge >= 0.3 is 0 Å². The van der Waals surface area contributed by atoms with Crippen LogP contribution in [0, 0.1) is 6.92 Å². The molecule has 0 bridgehead atoms. The van der Waals surface area contributed by atoms with Crippen molar-refractivity contribution in [3.8, 4) is 5.75 Å². The molecule has 0 radical (unpaired) electrons. The Morgan fingerprint density at radius 3 is 2.35 bits per heavy atom. The Kier molecular flexibility index (Phi) is 4.13. The second-order valence-electron chi connectivity index (χ2n) is 6.35. The highest BCUT2D eigenvalue weighted by molar-refractivity contribution is 6.31. The van der Waals surface area contributed by atoms with Crippen LogP contribution in [0.2, 0.25) is 0 Å². The minimum atomic E-state index is -0.00485. The van der Waals surface area contributed by atoms with E-state index in [0.29, 0.717) is 23.5 Å². The first-order chi connectivity index (χ1) is 12.7. The number of ketones is 1. The fourth-order valence-electron chi connectivity index (χ4n) is 3.49. The van der Waals surface area contributed by atoms with Crippen molar-refractivity contribution in [2.45, 2.75) is 13.5 Å². The third-order valence-corrected chi connectivity index (χ3v) is 4.72. The van der Waals surface area contributed by atoms with Crippen LogP contribution in [0.4, 0.5) is 0 Å². The average Bonchev–Trinajstić information content (AvgIpc) is 2.68. The third-order valence-electron chi connectivity index (χ3n) is 4.72. The molecule has 4 rings (SSSR count). The summed E-state index contributed by atoms with van der Waals surface area (Å²) in [4.78, 5) is 17.7. The molecular weight excluding hydrogens is 322 g/mol. The van der Waals surface area contributed by atoms with Crippen LogP contribution in [-0.4, -0.2) is 18.5 Å². The van der Waals surface area contributed by atoms with Crippen molar-refractivity contribution in [2.24, 2.45) is 4.99 Å². The molecule has 3 heteroatoms. The molecule has 0 atom stereocenters. The van der Waals surface area contributed by atoms with Crippen molar-refractivity contribution in [1.29, 1.82) is 0 Å². The van der Waals surface area contributed by atoms with Gasteiger partial charge in [0.05, 0.1) is 11.3 Å². The summed E-state index contributed by atoms with van der Waals surface area (Å²) in [7, 11) is 1.77. The number of aryl methyl sites for hydroxylation is 1. The summed E-state index contributed by atoms with van der Waals surface area (Å²) in [6.07, 6.45) is 0. The number of hydrogen-bond acceptors (Lipinski definition) is 3. The van der Waals surface area contributed by atoms with Gasteiger partial charge in [0.25, 0.3) is 0 Å². The minimum absolute atomic E-state index is 0.00485. The van der Waals surface area contributed by atoms with Gasteiger partial charge in [0, 0.05) is 23.7 Å². The largest absolute Gasteiger partial charge is 0.488 e. The van der Waals surface area contributed by atoms with Crippen LogP contribution >= 0.6 is 0 Å². The Morgan fingerprint density at radius 1 is 0.846 bits per heavy atom. The Bertz CT molecular complexity index is 1020. The van der Waals surface area contributed by atoms with E-state index in [2.05, 4.69) is 4.99 Å². The van der Waals surface area contributed by atoms with Crippen LogP contribution < -0.4 is 4.74 Å². The molecule has 1 aliphatic rings. The van der Waals surface area contributed by atoms with E-state index in [1.165, 1.54) is 0 Å². The lowest BCUT2D eigenvalue weighted by Gasteiger charge is -2.24. The van der Waals surface area contributed by atoms with Crippen LogP contribution in [-0.2, 0) is 6.61 Å². The predicted molar refractivity (Wildman–Crippen MR) is 103 cm³/mol. The molecular formula is C23H19NO2. The molecule has 0 fully saturated rings. The maximum atomic E-state index is 13.2. The Hall–Kier alpha value is -3.20. The SMILES string of the molecule is C/N=C1/c2cccc(OCc3ccccc3)c2C(=O)c2cccc(C)c21. The van der Waals surface area contributed by atoms with Gasteiger partial charge in [0.2, 0.25) is 0 Å². The van der Waals surface area contributed by atoms with Crippen molar-refractivity contribution >= 4 is 11.5 Å². The van der Waals surface area contributed by atoms with E-state index in [1.54, 1.807) is 7.05 Å². The summed E-state index contributed by atoms with van der Waals surface area (Å²) in [5.74, 6) is 0.597. The second kappa shape index (κ2) is 6.60. The topological polar surface area (TPSA) is 38.7 Å². The molecule has 3 aromatic rings. The quantitative estimate of drug-likeness (QED) is 0.547. The molecule has 0 unspecified atom stereocenters. The maximum absolute atomic E-state index is 13.2. The maximum Gasteiger partial charge on any atom is 0.198 e. The molecule has 0 saturated heterocycles. The number of fused-ring (bicyclic) bond motifs is 2. The molecule has 3 aromatic carbocycles. The minimum Gasteiger partial charge on any atom is -0.488 e. The number of ether oxygens (including phenoxy) is 1. The van der Waals surface area contributed by atoms with Crippen LogP contribution in [0.1, 0.15) is 38.2 Å². The zero-order chi connectivity index (χ0) is 18.1. The van der Waals surface area contributed by atoms with E-state index in [0.717, 1.165) is 28.0 Å². The van der Waals surface area contributed by atoms with Crippen LogP contribution in [0.25, 0.3) is 0 Å². The van der Waals surface area contributed by atoms with E-state index in [9.17, 15) is 4.79 Å². The van der Waals surface area contributed by atoms with E-state index in [4.69, 9.17) is 4.74 Å². The monoisotopic (exact) mass is 341 g/mol. The summed E-state index contributed by atoms with van der Waals surface area (Å²) < 4.78 is 6.02. The molecule has 128 valence electrons. The number of carbonyl (C=O) groups excluding carboxylic acids is 1. The van der Waals surface area contributed by atoms with Gasteiger partial charge in [-0.3, -0.25) is 9.79 Å². The predicted octanol–water partition coefficient (Wildman–Crippen LogP) is 4.59. The van der Waals surface area contributed by atoms with Gasteiger partial charge in [-0.1, -0.05) is 60.7 Å². The molecule has 0 aromatic heterocycles. The summed E-state index contributed by atoms with van der Waals surface area (Å²) in [6.45, 7) is 2.43. The fraction of sp³-hybridized carbons (Fsp3) is 0.130. The van der Waals surface area contributed by atoms with Gasteiger partial charge in [0.15, 0.2) is 5.78 Å². The highest BCUT2D eigenvalue weighted by atomic mass is 16.5. The van der Waals surface area contributed by atoms with E-state index < -0.39 is 0 Å². The lowest BCUT2D eigenvalue weighted by atomic mass is 9.81. The van der Waals surface area contributed by atoms with Crippen molar-refractivity contribution < 1.29 is 9.53 Å². The molecule has 0 heterocycles. The van der Waals surface area contributed by atoms with Gasteiger partial charge < -0.3 is 4.74 Å². The highest BCUT2D eigenvalue weighted by Crippen LogP contribution is 2.35. The van der Waals surface area contributed by atoms with Gasteiger partial charge in [-0.05, 0) is 24.1 Å². The summed E-state index contributed by atoms with van der Waals surface area (Å²) >= 11 is 0. The Morgan fingerprint density at radius 2 is 1.58 bits per heavy atom. The van der Waals surface area contributed by atoms with Crippen LogP contribution in [0.3, 0.4) is 0 Å². The number of hydrogen-bond donors (Lipinski definition) is 0. The summed E-state index contributed by atoms with van der Waals surface area (Å²) in [5.41, 5.74) is 6.01. The van der Waals surface area contributed by atoms with E-state index in [-0.39, 0.29) is 5.78 Å². The average molecular weight is 341 g/mol. The summed E-state index contributed by atoms with van der Waals surface area (Å²) in [5, 5.41) is 0. The van der Waals surface area contributed by atoms with E-state index >= 15 is 0 Å². The first-order valence-corrected chi connectivity index (χ1v) is 8.62. The molecule has 0 saturated carbocycles. The first kappa shape index (κ1) is 16.3. The van der Waals surface area contributed by atoms with Gasteiger partial charge in [-0.15, -0.1) is 0 Å². The van der Waals surface area contributed by atoms with Crippen LogP contribution in [0.5, 0.6) is 5.75 Å². The van der Waals surface area contributed by atoms with E-state index in [1.807, 2.05) is 73.7 Å². The number of benzene rings is 3. The Balaban J connectivity index is 1.80. The highest BCUT2D eigenvalue weighted by Gasteiger charge is 2.31. The molecule has 3 nitrogen and oxygen atoms in total. The van der Waals surface area contributed by atoms with Crippen molar-refractivity contribution in [3.05, 3.63) is 100 Å².